The molecule has 0 bridgehead atoms. The highest BCUT2D eigenvalue weighted by Gasteiger charge is 2.17. The van der Waals surface area contributed by atoms with Crippen LogP contribution in [0, 0.1) is 11.8 Å². The summed E-state index contributed by atoms with van der Waals surface area (Å²) in [5, 5.41) is 0.577. The molecule has 0 aliphatic heterocycles. The largest absolute Gasteiger partial charge is 0.0958 e. The first kappa shape index (κ1) is 13.6. The molecule has 0 saturated heterocycles. The van der Waals surface area contributed by atoms with Gasteiger partial charge in [-0.2, -0.15) is 0 Å². The lowest BCUT2D eigenvalue weighted by Crippen LogP contribution is -2.12. The Hall–Kier alpha value is -0.490. The van der Waals surface area contributed by atoms with Crippen LogP contribution in [0.5, 0.6) is 0 Å². The van der Waals surface area contributed by atoms with Crippen molar-refractivity contribution in [3.8, 4) is 0 Å². The Morgan fingerprint density at radius 3 is 2.38 bits per heavy atom. The third kappa shape index (κ3) is 5.55. The summed E-state index contributed by atoms with van der Waals surface area (Å²) in [6, 6.07) is 0. The number of rotatable bonds is 5. The molecule has 0 amide bonds. The van der Waals surface area contributed by atoms with Gasteiger partial charge in [-0.05, 0) is 30.8 Å². The predicted octanol–water partition coefficient (Wildman–Crippen LogP) is 5.46. The van der Waals surface area contributed by atoms with Crippen LogP contribution >= 0.6 is 11.6 Å². The lowest BCUT2D eigenvalue weighted by atomic mass is 9.80. The Labute approximate surface area is 105 Å². The maximum atomic E-state index is 5.66. The summed E-state index contributed by atoms with van der Waals surface area (Å²) in [4.78, 5) is 0. The normalized spacial score (nSPS) is 25.9. The molecule has 0 aromatic carbocycles. The monoisotopic (exact) mass is 238 g/mol. The van der Waals surface area contributed by atoms with Gasteiger partial charge in [0.05, 0.1) is 0 Å². The van der Waals surface area contributed by atoms with Crippen molar-refractivity contribution in [2.75, 3.05) is 0 Å². The minimum Gasteiger partial charge on any atom is -0.0958 e. The summed E-state index contributed by atoms with van der Waals surface area (Å²) in [5.41, 5.74) is 1.17. The minimum atomic E-state index is 0.577. The Kier molecular flexibility index (Phi) is 5.90. The quantitative estimate of drug-likeness (QED) is 0.558. The van der Waals surface area contributed by atoms with Crippen molar-refractivity contribution in [1.82, 2.24) is 0 Å². The van der Waals surface area contributed by atoms with Gasteiger partial charge in [0.15, 0.2) is 0 Å². The second-order valence-corrected chi connectivity index (χ2v) is 5.59. The number of allylic oxidation sites excluding steroid dienone is 4. The smallest absolute Gasteiger partial charge is 0.0334 e. The van der Waals surface area contributed by atoms with Crippen molar-refractivity contribution in [3.63, 3.8) is 0 Å². The van der Waals surface area contributed by atoms with E-state index < -0.39 is 0 Å². The van der Waals surface area contributed by atoms with Gasteiger partial charge in [0.2, 0.25) is 0 Å². The average Bonchev–Trinajstić information content (AvgIpc) is 2.25. The van der Waals surface area contributed by atoms with Crippen LogP contribution in [0.15, 0.2) is 35.9 Å². The van der Waals surface area contributed by atoms with Crippen LogP contribution in [0.25, 0.3) is 0 Å². The Bertz CT molecular complexity index is 267. The number of hydrogen-bond donors (Lipinski definition) is 0. The average molecular weight is 239 g/mol. The van der Waals surface area contributed by atoms with Crippen LogP contribution < -0.4 is 0 Å². The van der Waals surface area contributed by atoms with Crippen LogP contribution in [-0.4, -0.2) is 0 Å². The fourth-order valence-corrected chi connectivity index (χ4v) is 2.36. The molecular weight excluding hydrogens is 216 g/mol. The molecule has 0 spiro atoms. The fourth-order valence-electron chi connectivity index (χ4n) is 2.30. The van der Waals surface area contributed by atoms with Gasteiger partial charge in [-0.25, -0.2) is 0 Å². The van der Waals surface area contributed by atoms with Crippen molar-refractivity contribution in [2.24, 2.45) is 11.8 Å². The second kappa shape index (κ2) is 6.96. The van der Waals surface area contributed by atoms with Crippen LogP contribution in [-0.2, 0) is 0 Å². The van der Waals surface area contributed by atoms with E-state index in [-0.39, 0.29) is 0 Å². The second-order valence-electron chi connectivity index (χ2n) is 5.10. The molecule has 1 fully saturated rings. The molecule has 1 heteroatoms. The standard InChI is InChI=1S/C15H23Cl/c1-12(4-8-14(3)16)5-9-15-10-6-13(2)7-11-15/h4,8,13,15H,1,3,5-7,9-11H2,2H3/b8-4-. The fraction of sp³-hybridized carbons (Fsp3) is 0.600. The Morgan fingerprint density at radius 1 is 1.19 bits per heavy atom. The molecule has 0 unspecified atom stereocenters. The van der Waals surface area contributed by atoms with Gasteiger partial charge >= 0.3 is 0 Å². The van der Waals surface area contributed by atoms with E-state index in [2.05, 4.69) is 20.1 Å². The zero-order valence-corrected chi connectivity index (χ0v) is 11.1. The first-order valence-corrected chi connectivity index (χ1v) is 6.66. The summed E-state index contributed by atoms with van der Waals surface area (Å²) < 4.78 is 0. The highest BCUT2D eigenvalue weighted by atomic mass is 35.5. The molecular formula is C15H23Cl. The number of halogens is 1. The highest BCUT2D eigenvalue weighted by molar-refractivity contribution is 6.30. The van der Waals surface area contributed by atoms with Crippen molar-refractivity contribution < 1.29 is 0 Å². The van der Waals surface area contributed by atoms with E-state index in [1.807, 2.05) is 12.2 Å². The number of hydrogen-bond acceptors (Lipinski definition) is 0. The third-order valence-corrected chi connectivity index (χ3v) is 3.63. The topological polar surface area (TPSA) is 0 Å². The summed E-state index contributed by atoms with van der Waals surface area (Å²) >= 11 is 5.66. The first-order chi connectivity index (χ1) is 7.58. The summed E-state index contributed by atoms with van der Waals surface area (Å²) in [6.45, 7) is 10.0. The summed E-state index contributed by atoms with van der Waals surface area (Å²) in [5.74, 6) is 1.86. The van der Waals surface area contributed by atoms with Crippen molar-refractivity contribution >= 4 is 11.6 Å². The minimum absolute atomic E-state index is 0.577. The first-order valence-electron chi connectivity index (χ1n) is 6.28. The van der Waals surface area contributed by atoms with Crippen LogP contribution in [0.3, 0.4) is 0 Å². The maximum absolute atomic E-state index is 5.66. The Morgan fingerprint density at radius 2 is 1.81 bits per heavy atom. The van der Waals surface area contributed by atoms with Gasteiger partial charge in [-0.1, -0.05) is 69.0 Å². The molecule has 1 rings (SSSR count). The van der Waals surface area contributed by atoms with E-state index in [4.69, 9.17) is 11.6 Å². The van der Waals surface area contributed by atoms with E-state index in [0.717, 1.165) is 18.3 Å². The van der Waals surface area contributed by atoms with E-state index >= 15 is 0 Å². The van der Waals surface area contributed by atoms with E-state index in [0.29, 0.717) is 5.03 Å². The van der Waals surface area contributed by atoms with Crippen molar-refractivity contribution in [1.29, 1.82) is 0 Å². The molecule has 0 atom stereocenters. The van der Waals surface area contributed by atoms with Gasteiger partial charge < -0.3 is 0 Å². The maximum Gasteiger partial charge on any atom is 0.0334 e. The molecule has 0 N–H and O–H groups in total. The van der Waals surface area contributed by atoms with Crippen molar-refractivity contribution in [2.45, 2.75) is 45.4 Å². The molecule has 1 saturated carbocycles. The molecule has 0 aromatic heterocycles. The van der Waals surface area contributed by atoms with Crippen molar-refractivity contribution in [3.05, 3.63) is 35.9 Å². The lowest BCUT2D eigenvalue weighted by Gasteiger charge is -2.26. The molecule has 0 heterocycles. The molecule has 1 aliphatic carbocycles. The van der Waals surface area contributed by atoms with Gasteiger partial charge in [-0.15, -0.1) is 0 Å². The molecule has 90 valence electrons. The van der Waals surface area contributed by atoms with E-state index in [1.54, 1.807) is 0 Å². The van der Waals surface area contributed by atoms with E-state index in [9.17, 15) is 0 Å². The molecule has 0 radical (unpaired) electrons. The van der Waals surface area contributed by atoms with Gasteiger partial charge in [-0.3, -0.25) is 0 Å². The summed E-state index contributed by atoms with van der Waals surface area (Å²) in [6.07, 6.45) is 11.8. The van der Waals surface area contributed by atoms with Gasteiger partial charge in [0.1, 0.15) is 0 Å². The zero-order valence-electron chi connectivity index (χ0n) is 10.3. The van der Waals surface area contributed by atoms with Crippen LogP contribution in [0.4, 0.5) is 0 Å². The molecule has 1 aliphatic rings. The summed E-state index contributed by atoms with van der Waals surface area (Å²) in [7, 11) is 0. The van der Waals surface area contributed by atoms with E-state index in [1.165, 1.54) is 37.7 Å². The molecule has 0 nitrogen and oxygen atoms in total. The highest BCUT2D eigenvalue weighted by Crippen LogP contribution is 2.31. The van der Waals surface area contributed by atoms with Crippen LogP contribution in [0.1, 0.15) is 45.4 Å². The SMILES string of the molecule is C=C(Cl)/C=C\C(=C)CCC1CCC(C)CC1. The van der Waals surface area contributed by atoms with Gasteiger partial charge in [0, 0.05) is 5.03 Å². The molecule has 16 heavy (non-hydrogen) atoms. The van der Waals surface area contributed by atoms with Crippen LogP contribution in [0.2, 0.25) is 0 Å². The Balaban J connectivity index is 2.19. The molecule has 0 aromatic rings. The third-order valence-electron chi connectivity index (χ3n) is 3.51. The lowest BCUT2D eigenvalue weighted by molar-refractivity contribution is 0.278. The predicted molar refractivity (Wildman–Crippen MR) is 73.6 cm³/mol. The van der Waals surface area contributed by atoms with Gasteiger partial charge in [0.25, 0.3) is 0 Å². The zero-order chi connectivity index (χ0) is 12.0.